The maximum absolute atomic E-state index is 9.46. The van der Waals surface area contributed by atoms with Crippen molar-refractivity contribution >= 4 is 23.1 Å². The predicted molar refractivity (Wildman–Crippen MR) is 87.0 cm³/mol. The first kappa shape index (κ1) is 14.0. The number of H-pyrrole nitrogens is 1. The van der Waals surface area contributed by atoms with Gasteiger partial charge < -0.3 is 15.7 Å². The van der Waals surface area contributed by atoms with Crippen molar-refractivity contribution in [3.63, 3.8) is 0 Å². The van der Waals surface area contributed by atoms with E-state index in [9.17, 15) is 5.11 Å². The summed E-state index contributed by atoms with van der Waals surface area (Å²) in [4.78, 5) is 4.49. The first-order valence-electron chi connectivity index (χ1n) is 7.79. The van der Waals surface area contributed by atoms with Crippen molar-refractivity contribution in [3.8, 4) is 0 Å². The topological polar surface area (TPSA) is 103 Å². The molecule has 8 nitrogen and oxygen atoms in total. The van der Waals surface area contributed by atoms with Crippen molar-refractivity contribution in [1.29, 1.82) is 0 Å². The fourth-order valence-corrected chi connectivity index (χ4v) is 2.48. The molecule has 0 radical (unpaired) electrons. The number of hydrogen-bond donors (Lipinski definition) is 4. The maximum Gasteiger partial charge on any atom is 0.248 e. The average molecular weight is 313 g/mol. The Morgan fingerprint density at radius 1 is 1.48 bits per heavy atom. The first-order valence-corrected chi connectivity index (χ1v) is 7.79. The molecule has 4 rings (SSSR count). The third-order valence-electron chi connectivity index (χ3n) is 3.81. The van der Waals surface area contributed by atoms with E-state index in [0.717, 1.165) is 11.2 Å². The molecule has 0 amide bonds. The lowest BCUT2D eigenvalue weighted by Crippen LogP contribution is -2.17. The van der Waals surface area contributed by atoms with Crippen LogP contribution in [0, 0.1) is 0 Å². The first-order chi connectivity index (χ1) is 11.2. The third kappa shape index (κ3) is 2.98. The van der Waals surface area contributed by atoms with E-state index in [1.807, 2.05) is 24.4 Å². The highest BCUT2D eigenvalue weighted by Gasteiger charge is 2.25. The molecule has 0 aliphatic heterocycles. The second-order valence-electron chi connectivity index (χ2n) is 5.96. The molecule has 4 N–H and O–H groups in total. The molecule has 3 heterocycles. The van der Waals surface area contributed by atoms with Gasteiger partial charge >= 0.3 is 0 Å². The van der Waals surface area contributed by atoms with Gasteiger partial charge in [-0.3, -0.25) is 5.10 Å². The molecular weight excluding hydrogens is 294 g/mol. The average Bonchev–Trinajstić information content (AvgIpc) is 3.08. The Labute approximate surface area is 132 Å². The number of fused-ring (bicyclic) bond motifs is 1. The van der Waals surface area contributed by atoms with Crippen LogP contribution in [0.3, 0.4) is 0 Å². The Bertz CT molecular complexity index is 818. The summed E-state index contributed by atoms with van der Waals surface area (Å²) in [6.07, 6.45) is 3.85. The Hall–Kier alpha value is -2.61. The van der Waals surface area contributed by atoms with Crippen LogP contribution in [0.4, 0.5) is 17.6 Å². The number of hydrogen-bond acceptors (Lipinski definition) is 6. The van der Waals surface area contributed by atoms with Gasteiger partial charge in [0.2, 0.25) is 5.95 Å². The largest absolute Gasteiger partial charge is 0.392 e. The Balaban J connectivity index is 1.60. The van der Waals surface area contributed by atoms with Crippen LogP contribution in [0.1, 0.15) is 31.4 Å². The van der Waals surface area contributed by atoms with Crippen LogP contribution in [0.15, 0.2) is 24.4 Å². The molecule has 0 bridgehead atoms. The maximum atomic E-state index is 9.46. The van der Waals surface area contributed by atoms with Gasteiger partial charge in [0.05, 0.1) is 6.10 Å². The van der Waals surface area contributed by atoms with Gasteiger partial charge in [0.15, 0.2) is 11.6 Å². The van der Waals surface area contributed by atoms with E-state index < -0.39 is 6.10 Å². The smallest absolute Gasteiger partial charge is 0.248 e. The number of aromatic amines is 1. The van der Waals surface area contributed by atoms with Gasteiger partial charge in [-0.05, 0) is 31.9 Å². The number of aliphatic hydroxyl groups excluding tert-OH is 1. The quantitative estimate of drug-likeness (QED) is 0.554. The van der Waals surface area contributed by atoms with Gasteiger partial charge in [-0.2, -0.15) is 10.1 Å². The molecule has 3 aromatic rings. The molecule has 1 fully saturated rings. The number of nitrogens with one attached hydrogen (secondary N) is 3. The minimum atomic E-state index is -0.455. The molecule has 1 atom stereocenters. The van der Waals surface area contributed by atoms with Crippen LogP contribution < -0.4 is 10.6 Å². The Morgan fingerprint density at radius 2 is 2.35 bits per heavy atom. The summed E-state index contributed by atoms with van der Waals surface area (Å²) >= 11 is 0. The second-order valence-corrected chi connectivity index (χ2v) is 5.96. The second kappa shape index (κ2) is 5.54. The Kier molecular flexibility index (Phi) is 3.38. The fraction of sp³-hybridized carbons (Fsp3) is 0.400. The lowest BCUT2D eigenvalue weighted by atomic mass is 10.3. The van der Waals surface area contributed by atoms with Gasteiger partial charge in [0, 0.05) is 30.4 Å². The van der Waals surface area contributed by atoms with Crippen molar-refractivity contribution < 1.29 is 5.11 Å². The number of aliphatic hydroxyl groups is 1. The normalized spacial score (nSPS) is 15.7. The van der Waals surface area contributed by atoms with E-state index in [2.05, 4.69) is 30.9 Å². The van der Waals surface area contributed by atoms with Crippen molar-refractivity contribution in [2.75, 3.05) is 17.2 Å². The monoisotopic (exact) mass is 313 g/mol. The molecule has 0 spiro atoms. The lowest BCUT2D eigenvalue weighted by molar-refractivity contribution is 0.208. The van der Waals surface area contributed by atoms with E-state index in [0.29, 0.717) is 30.0 Å². The summed E-state index contributed by atoms with van der Waals surface area (Å²) in [6.45, 7) is 2.15. The van der Waals surface area contributed by atoms with Crippen LogP contribution in [0.25, 0.3) is 5.52 Å². The molecule has 0 unspecified atom stereocenters. The standard InChI is InChI=1S/C15H19N7O/c1-9(23)8-16-14-12-3-2-6-22(12)21-15(18-14)17-13-7-11(19-20-13)10-4-5-10/h2-3,6-7,9-10,23H,4-5,8H2,1H3,(H3,16,17,18,19,20,21)/t9-/m0/s1. The SMILES string of the molecule is C[C@H](O)CNc1nc(Nc2cc(C3CC3)[nH]n2)nn2cccc12. The van der Waals surface area contributed by atoms with Crippen LogP contribution in [0.2, 0.25) is 0 Å². The molecule has 3 aromatic heterocycles. The van der Waals surface area contributed by atoms with Crippen molar-refractivity contribution in [1.82, 2.24) is 24.8 Å². The molecule has 0 aromatic carbocycles. The summed E-state index contributed by atoms with van der Waals surface area (Å²) < 4.78 is 1.74. The summed E-state index contributed by atoms with van der Waals surface area (Å²) in [5.74, 6) is 2.45. The minimum Gasteiger partial charge on any atom is -0.392 e. The highest BCUT2D eigenvalue weighted by Crippen LogP contribution is 2.39. The molecule has 23 heavy (non-hydrogen) atoms. The van der Waals surface area contributed by atoms with E-state index in [1.54, 1.807) is 11.4 Å². The van der Waals surface area contributed by atoms with Crippen LogP contribution in [0.5, 0.6) is 0 Å². The highest BCUT2D eigenvalue weighted by molar-refractivity contribution is 5.69. The van der Waals surface area contributed by atoms with Crippen LogP contribution in [-0.4, -0.2) is 42.6 Å². The zero-order chi connectivity index (χ0) is 15.8. The molecule has 1 aliphatic rings. The predicted octanol–water partition coefficient (Wildman–Crippen LogP) is 1.87. The number of rotatable bonds is 6. The molecular formula is C15H19N7O. The minimum absolute atomic E-state index is 0.422. The number of aromatic nitrogens is 5. The zero-order valence-corrected chi connectivity index (χ0v) is 12.8. The summed E-state index contributed by atoms with van der Waals surface area (Å²) in [7, 11) is 0. The number of nitrogens with zero attached hydrogens (tertiary/aromatic N) is 4. The van der Waals surface area contributed by atoms with Gasteiger partial charge in [0.25, 0.3) is 0 Å². The molecule has 1 aliphatic carbocycles. The van der Waals surface area contributed by atoms with E-state index in [-0.39, 0.29) is 0 Å². The summed E-state index contributed by atoms with van der Waals surface area (Å²) in [6, 6.07) is 5.83. The van der Waals surface area contributed by atoms with Gasteiger partial charge in [-0.15, -0.1) is 5.10 Å². The van der Waals surface area contributed by atoms with E-state index in [1.165, 1.54) is 12.8 Å². The van der Waals surface area contributed by atoms with Gasteiger partial charge in [-0.1, -0.05) is 0 Å². The third-order valence-corrected chi connectivity index (χ3v) is 3.81. The van der Waals surface area contributed by atoms with E-state index in [4.69, 9.17) is 0 Å². The lowest BCUT2D eigenvalue weighted by Gasteiger charge is -2.11. The molecule has 1 saturated carbocycles. The molecule has 120 valence electrons. The van der Waals surface area contributed by atoms with Crippen molar-refractivity contribution in [2.24, 2.45) is 0 Å². The van der Waals surface area contributed by atoms with Gasteiger partial charge in [-0.25, -0.2) is 4.52 Å². The van der Waals surface area contributed by atoms with Crippen molar-refractivity contribution in [3.05, 3.63) is 30.1 Å². The zero-order valence-electron chi connectivity index (χ0n) is 12.8. The number of anilines is 3. The fourth-order valence-electron chi connectivity index (χ4n) is 2.48. The van der Waals surface area contributed by atoms with Crippen LogP contribution in [-0.2, 0) is 0 Å². The van der Waals surface area contributed by atoms with E-state index >= 15 is 0 Å². The molecule has 8 heteroatoms. The molecule has 0 saturated heterocycles. The Morgan fingerprint density at radius 3 is 3.13 bits per heavy atom. The van der Waals surface area contributed by atoms with Crippen molar-refractivity contribution in [2.45, 2.75) is 31.8 Å². The summed E-state index contributed by atoms with van der Waals surface area (Å²) in [5.41, 5.74) is 2.01. The van der Waals surface area contributed by atoms with Crippen LogP contribution >= 0.6 is 0 Å². The van der Waals surface area contributed by atoms with Gasteiger partial charge in [0.1, 0.15) is 5.52 Å². The highest BCUT2D eigenvalue weighted by atomic mass is 16.3. The summed E-state index contributed by atoms with van der Waals surface area (Å²) in [5, 5.41) is 27.5.